The first-order chi connectivity index (χ1) is 8.90. The molecule has 0 radical (unpaired) electrons. The molecule has 1 fully saturated rings. The molecule has 0 saturated carbocycles. The van der Waals surface area contributed by atoms with Crippen molar-refractivity contribution in [3.8, 4) is 0 Å². The average molecular weight is 272 g/mol. The SMILES string of the molecule is CC(CCC(=O)O)CNC(=O)N1CCC(C(C)O)C1. The van der Waals surface area contributed by atoms with E-state index in [1.54, 1.807) is 11.8 Å². The lowest BCUT2D eigenvalue weighted by Gasteiger charge is -2.20. The van der Waals surface area contributed by atoms with Gasteiger partial charge in [-0.1, -0.05) is 6.92 Å². The minimum absolute atomic E-state index is 0.120. The molecule has 1 aliphatic heterocycles. The molecule has 1 saturated heterocycles. The van der Waals surface area contributed by atoms with Crippen molar-refractivity contribution in [3.63, 3.8) is 0 Å². The maximum Gasteiger partial charge on any atom is 0.317 e. The van der Waals surface area contributed by atoms with E-state index in [0.717, 1.165) is 6.42 Å². The molecule has 1 aliphatic rings. The number of aliphatic carboxylic acids is 1. The van der Waals surface area contributed by atoms with E-state index in [-0.39, 0.29) is 30.4 Å². The number of aliphatic hydroxyl groups excluding tert-OH is 1. The Balaban J connectivity index is 2.23. The number of hydrogen-bond acceptors (Lipinski definition) is 3. The van der Waals surface area contributed by atoms with Gasteiger partial charge in [0, 0.05) is 32.0 Å². The molecule has 6 nitrogen and oxygen atoms in total. The number of nitrogens with zero attached hydrogens (tertiary/aromatic N) is 1. The topological polar surface area (TPSA) is 89.9 Å². The van der Waals surface area contributed by atoms with Crippen LogP contribution in [0.3, 0.4) is 0 Å². The summed E-state index contributed by atoms with van der Waals surface area (Å²) in [5.74, 6) is -0.497. The molecule has 0 bridgehead atoms. The Morgan fingerprint density at radius 2 is 2.11 bits per heavy atom. The van der Waals surface area contributed by atoms with Gasteiger partial charge >= 0.3 is 12.0 Å². The van der Waals surface area contributed by atoms with Gasteiger partial charge in [0.2, 0.25) is 0 Å². The molecule has 0 spiro atoms. The summed E-state index contributed by atoms with van der Waals surface area (Å²) in [7, 11) is 0. The van der Waals surface area contributed by atoms with Crippen molar-refractivity contribution in [2.24, 2.45) is 11.8 Å². The summed E-state index contributed by atoms with van der Waals surface area (Å²) in [5.41, 5.74) is 0. The highest BCUT2D eigenvalue weighted by atomic mass is 16.4. The molecule has 6 heteroatoms. The number of carbonyl (C=O) groups is 2. The Bertz CT molecular complexity index is 320. The van der Waals surface area contributed by atoms with Crippen LogP contribution < -0.4 is 5.32 Å². The average Bonchev–Trinajstić information content (AvgIpc) is 2.83. The van der Waals surface area contributed by atoms with E-state index < -0.39 is 5.97 Å². The van der Waals surface area contributed by atoms with Crippen LogP contribution in [0.25, 0.3) is 0 Å². The molecule has 0 aromatic heterocycles. The first-order valence-electron chi connectivity index (χ1n) is 6.82. The molecule has 1 heterocycles. The van der Waals surface area contributed by atoms with Gasteiger partial charge in [-0.2, -0.15) is 0 Å². The smallest absolute Gasteiger partial charge is 0.317 e. The summed E-state index contributed by atoms with van der Waals surface area (Å²) in [6.45, 7) is 5.42. The predicted octanol–water partition coefficient (Wildman–Crippen LogP) is 0.900. The van der Waals surface area contributed by atoms with E-state index in [2.05, 4.69) is 5.32 Å². The zero-order chi connectivity index (χ0) is 14.4. The number of urea groups is 1. The second-order valence-corrected chi connectivity index (χ2v) is 5.46. The zero-order valence-corrected chi connectivity index (χ0v) is 11.6. The Morgan fingerprint density at radius 1 is 1.42 bits per heavy atom. The second kappa shape index (κ2) is 7.33. The molecule has 3 N–H and O–H groups in total. The molecular weight excluding hydrogens is 248 g/mol. The van der Waals surface area contributed by atoms with Crippen LogP contribution in [0.5, 0.6) is 0 Å². The number of aliphatic hydroxyl groups is 1. The molecule has 19 heavy (non-hydrogen) atoms. The maximum absolute atomic E-state index is 11.9. The Morgan fingerprint density at radius 3 is 2.63 bits per heavy atom. The molecule has 0 aromatic rings. The van der Waals surface area contributed by atoms with Crippen molar-refractivity contribution < 1.29 is 19.8 Å². The van der Waals surface area contributed by atoms with Gasteiger partial charge in [0.15, 0.2) is 0 Å². The molecule has 0 aliphatic carbocycles. The summed E-state index contributed by atoms with van der Waals surface area (Å²) >= 11 is 0. The third-order valence-corrected chi connectivity index (χ3v) is 3.65. The van der Waals surface area contributed by atoms with Gasteiger partial charge in [-0.25, -0.2) is 4.79 Å². The van der Waals surface area contributed by atoms with Crippen molar-refractivity contribution in [2.75, 3.05) is 19.6 Å². The van der Waals surface area contributed by atoms with E-state index in [1.807, 2.05) is 6.92 Å². The standard InChI is InChI=1S/C13H24N2O4/c1-9(3-4-12(17)18)7-14-13(19)15-6-5-11(8-15)10(2)16/h9-11,16H,3-8H2,1-2H3,(H,14,19)(H,17,18). The van der Waals surface area contributed by atoms with Crippen LogP contribution in [0.2, 0.25) is 0 Å². The van der Waals surface area contributed by atoms with Gasteiger partial charge in [0.1, 0.15) is 0 Å². The fourth-order valence-electron chi connectivity index (χ4n) is 2.21. The predicted molar refractivity (Wildman–Crippen MR) is 70.8 cm³/mol. The molecule has 0 aromatic carbocycles. The van der Waals surface area contributed by atoms with Crippen LogP contribution in [0.15, 0.2) is 0 Å². The number of carboxylic acids is 1. The van der Waals surface area contributed by atoms with Crippen molar-refractivity contribution in [1.82, 2.24) is 10.2 Å². The lowest BCUT2D eigenvalue weighted by atomic mass is 10.0. The number of carbonyl (C=O) groups excluding carboxylic acids is 1. The first kappa shape index (κ1) is 15.8. The number of rotatable bonds is 6. The summed E-state index contributed by atoms with van der Waals surface area (Å²) in [5, 5.41) is 20.9. The van der Waals surface area contributed by atoms with Crippen molar-refractivity contribution in [3.05, 3.63) is 0 Å². The van der Waals surface area contributed by atoms with Crippen LogP contribution in [-0.2, 0) is 4.79 Å². The van der Waals surface area contributed by atoms with Crippen molar-refractivity contribution >= 4 is 12.0 Å². The minimum atomic E-state index is -0.808. The molecule has 3 unspecified atom stereocenters. The first-order valence-corrected chi connectivity index (χ1v) is 6.82. The van der Waals surface area contributed by atoms with E-state index in [1.165, 1.54) is 0 Å². The van der Waals surface area contributed by atoms with Crippen LogP contribution in [0, 0.1) is 11.8 Å². The third kappa shape index (κ3) is 5.46. The van der Waals surface area contributed by atoms with Gasteiger partial charge in [-0.05, 0) is 25.7 Å². The molecule has 3 atom stereocenters. The fraction of sp³-hybridized carbons (Fsp3) is 0.846. The summed E-state index contributed by atoms with van der Waals surface area (Å²) in [6.07, 6.45) is 1.14. The summed E-state index contributed by atoms with van der Waals surface area (Å²) < 4.78 is 0. The highest BCUT2D eigenvalue weighted by Gasteiger charge is 2.28. The van der Waals surface area contributed by atoms with E-state index in [4.69, 9.17) is 5.11 Å². The number of nitrogens with one attached hydrogen (secondary N) is 1. The van der Waals surface area contributed by atoms with Crippen LogP contribution >= 0.6 is 0 Å². The van der Waals surface area contributed by atoms with Crippen molar-refractivity contribution in [1.29, 1.82) is 0 Å². The van der Waals surface area contributed by atoms with Crippen LogP contribution in [0.1, 0.15) is 33.1 Å². The second-order valence-electron chi connectivity index (χ2n) is 5.46. The molecule has 2 amide bonds. The maximum atomic E-state index is 11.9. The van der Waals surface area contributed by atoms with E-state index >= 15 is 0 Å². The highest BCUT2D eigenvalue weighted by molar-refractivity contribution is 5.74. The Labute approximate surface area is 113 Å². The van der Waals surface area contributed by atoms with E-state index in [0.29, 0.717) is 26.1 Å². The number of hydrogen-bond donors (Lipinski definition) is 3. The molecular formula is C13H24N2O4. The van der Waals surface area contributed by atoms with Crippen molar-refractivity contribution in [2.45, 2.75) is 39.2 Å². The van der Waals surface area contributed by atoms with Gasteiger partial charge < -0.3 is 20.4 Å². The minimum Gasteiger partial charge on any atom is -0.481 e. The largest absolute Gasteiger partial charge is 0.481 e. The quantitative estimate of drug-likeness (QED) is 0.670. The Kier molecular flexibility index (Phi) is 6.08. The Hall–Kier alpha value is -1.30. The monoisotopic (exact) mass is 272 g/mol. The van der Waals surface area contributed by atoms with Gasteiger partial charge in [-0.15, -0.1) is 0 Å². The number of likely N-dealkylation sites (tertiary alicyclic amines) is 1. The molecule has 1 rings (SSSR count). The molecule has 110 valence electrons. The fourth-order valence-corrected chi connectivity index (χ4v) is 2.21. The lowest BCUT2D eigenvalue weighted by Crippen LogP contribution is -2.40. The number of amides is 2. The normalized spacial score (nSPS) is 22.1. The lowest BCUT2D eigenvalue weighted by molar-refractivity contribution is -0.137. The zero-order valence-electron chi connectivity index (χ0n) is 11.6. The third-order valence-electron chi connectivity index (χ3n) is 3.65. The van der Waals surface area contributed by atoms with Gasteiger partial charge in [0.25, 0.3) is 0 Å². The summed E-state index contributed by atoms with van der Waals surface area (Å²) in [4.78, 5) is 24.0. The van der Waals surface area contributed by atoms with E-state index in [9.17, 15) is 14.7 Å². The van der Waals surface area contributed by atoms with Crippen LogP contribution in [-0.4, -0.2) is 52.9 Å². The van der Waals surface area contributed by atoms with Crippen LogP contribution in [0.4, 0.5) is 4.79 Å². The summed E-state index contributed by atoms with van der Waals surface area (Å²) in [6, 6.07) is -0.120. The highest BCUT2D eigenvalue weighted by Crippen LogP contribution is 2.19. The van der Waals surface area contributed by atoms with Gasteiger partial charge in [-0.3, -0.25) is 4.79 Å². The number of carboxylic acid groups (broad SMARTS) is 1. The van der Waals surface area contributed by atoms with Gasteiger partial charge in [0.05, 0.1) is 6.10 Å².